The number of halogens is 2. The van der Waals surface area contributed by atoms with Crippen molar-refractivity contribution in [1.82, 2.24) is 4.31 Å². The third-order valence-corrected chi connectivity index (χ3v) is 6.97. The van der Waals surface area contributed by atoms with Gasteiger partial charge in [0.2, 0.25) is 10.0 Å². The number of nitrogens with zero attached hydrogens (tertiary/aromatic N) is 1. The van der Waals surface area contributed by atoms with Crippen LogP contribution < -0.4 is 5.32 Å². The normalized spacial score (nSPS) is 15.5. The topological polar surface area (TPSA) is 92.8 Å². The van der Waals surface area contributed by atoms with E-state index in [1.165, 1.54) is 36.4 Å². The number of carbonyl (C=O) groups excluding carboxylic acids is 2. The Morgan fingerprint density at radius 1 is 1.10 bits per heavy atom. The second kappa shape index (κ2) is 9.52. The maximum Gasteiger partial charge on any atom is 0.309 e. The van der Waals surface area contributed by atoms with Gasteiger partial charge in [-0.05, 0) is 49.6 Å². The number of ether oxygens (including phenoxy) is 1. The molecule has 0 aromatic heterocycles. The highest BCUT2D eigenvalue weighted by Gasteiger charge is 2.34. The number of rotatable bonds is 6. The number of carbonyl (C=O) groups is 2. The van der Waals surface area contributed by atoms with Crippen molar-refractivity contribution >= 4 is 27.6 Å². The molecule has 1 amide bonds. The quantitative estimate of drug-likeness (QED) is 0.681. The standard InChI is InChI=1S/C21H22F2N2O5S/c1-14-6-7-16(12-18(14)23)24-20(26)13-30-21(27)15-8-10-25(11-9-15)31(28,29)19-5-3-2-4-17(19)22/h2-7,12,15H,8-11,13H2,1H3,(H,24,26). The number of piperidine rings is 1. The minimum Gasteiger partial charge on any atom is -0.455 e. The number of esters is 1. The van der Waals surface area contributed by atoms with Gasteiger partial charge < -0.3 is 10.1 Å². The summed E-state index contributed by atoms with van der Waals surface area (Å²) in [6.45, 7) is 1.12. The summed E-state index contributed by atoms with van der Waals surface area (Å²) in [4.78, 5) is 23.8. The molecule has 1 aliphatic rings. The fourth-order valence-electron chi connectivity index (χ4n) is 3.25. The predicted octanol–water partition coefficient (Wildman–Crippen LogP) is 2.86. The molecule has 1 N–H and O–H groups in total. The van der Waals surface area contributed by atoms with Gasteiger partial charge in [-0.3, -0.25) is 9.59 Å². The van der Waals surface area contributed by atoms with Crippen LogP contribution in [-0.2, 0) is 24.3 Å². The Hall–Kier alpha value is -2.85. The van der Waals surface area contributed by atoms with Crippen molar-refractivity contribution in [3.05, 3.63) is 59.7 Å². The van der Waals surface area contributed by atoms with Crippen molar-refractivity contribution in [2.45, 2.75) is 24.7 Å². The SMILES string of the molecule is Cc1ccc(NC(=O)COC(=O)C2CCN(S(=O)(=O)c3ccccc3F)CC2)cc1F. The number of aryl methyl sites for hydroxylation is 1. The van der Waals surface area contributed by atoms with E-state index in [4.69, 9.17) is 4.74 Å². The van der Waals surface area contributed by atoms with E-state index < -0.39 is 51.0 Å². The molecule has 0 radical (unpaired) electrons. The van der Waals surface area contributed by atoms with Gasteiger partial charge in [0.05, 0.1) is 5.92 Å². The van der Waals surface area contributed by atoms with Crippen LogP contribution in [0.4, 0.5) is 14.5 Å². The van der Waals surface area contributed by atoms with Crippen molar-refractivity contribution in [1.29, 1.82) is 0 Å². The molecule has 0 atom stereocenters. The van der Waals surface area contributed by atoms with E-state index in [0.29, 0.717) is 5.56 Å². The summed E-state index contributed by atoms with van der Waals surface area (Å²) in [6.07, 6.45) is 0.384. The zero-order valence-corrected chi connectivity index (χ0v) is 17.6. The van der Waals surface area contributed by atoms with Crippen molar-refractivity contribution in [2.75, 3.05) is 25.0 Å². The van der Waals surface area contributed by atoms with Crippen LogP contribution >= 0.6 is 0 Å². The summed E-state index contributed by atoms with van der Waals surface area (Å²) in [5, 5.41) is 2.44. The molecule has 0 unspecified atom stereocenters. The van der Waals surface area contributed by atoms with Gasteiger partial charge in [0.25, 0.3) is 5.91 Å². The van der Waals surface area contributed by atoms with E-state index in [9.17, 15) is 26.8 Å². The number of amides is 1. The first-order valence-corrected chi connectivity index (χ1v) is 11.1. The van der Waals surface area contributed by atoms with Gasteiger partial charge in [-0.25, -0.2) is 17.2 Å². The number of nitrogens with one attached hydrogen (secondary N) is 1. The lowest BCUT2D eigenvalue weighted by Gasteiger charge is -2.30. The van der Waals surface area contributed by atoms with Gasteiger partial charge in [-0.1, -0.05) is 18.2 Å². The Morgan fingerprint density at radius 3 is 2.42 bits per heavy atom. The van der Waals surface area contributed by atoms with Gasteiger partial charge >= 0.3 is 5.97 Å². The second-order valence-electron chi connectivity index (χ2n) is 7.23. The molecule has 0 saturated carbocycles. The molecular formula is C21H22F2N2O5S. The van der Waals surface area contributed by atoms with Gasteiger partial charge in [0, 0.05) is 18.8 Å². The zero-order valence-electron chi connectivity index (χ0n) is 16.8. The lowest BCUT2D eigenvalue weighted by Crippen LogP contribution is -2.41. The molecule has 2 aromatic carbocycles. The van der Waals surface area contributed by atoms with Gasteiger partial charge in [-0.2, -0.15) is 4.31 Å². The maximum absolute atomic E-state index is 13.9. The molecule has 166 valence electrons. The summed E-state index contributed by atoms with van der Waals surface area (Å²) >= 11 is 0. The van der Waals surface area contributed by atoms with E-state index in [1.54, 1.807) is 6.92 Å². The molecule has 1 saturated heterocycles. The highest BCUT2D eigenvalue weighted by molar-refractivity contribution is 7.89. The first-order chi connectivity index (χ1) is 14.7. The first kappa shape index (κ1) is 22.8. The number of sulfonamides is 1. The van der Waals surface area contributed by atoms with Crippen LogP contribution in [0.1, 0.15) is 18.4 Å². The zero-order chi connectivity index (χ0) is 22.6. The van der Waals surface area contributed by atoms with Crippen LogP contribution in [0.25, 0.3) is 0 Å². The Bertz CT molecular complexity index is 1080. The number of anilines is 1. The smallest absolute Gasteiger partial charge is 0.309 e. The Labute approximate surface area is 179 Å². The van der Waals surface area contributed by atoms with E-state index in [-0.39, 0.29) is 31.6 Å². The molecule has 1 heterocycles. The Morgan fingerprint density at radius 2 is 1.77 bits per heavy atom. The van der Waals surface area contributed by atoms with E-state index in [2.05, 4.69) is 5.32 Å². The summed E-state index contributed by atoms with van der Waals surface area (Å²) in [7, 11) is -4.00. The second-order valence-corrected chi connectivity index (χ2v) is 9.13. The monoisotopic (exact) mass is 452 g/mol. The van der Waals surface area contributed by atoms with Gasteiger partial charge in [0.1, 0.15) is 16.5 Å². The molecule has 0 spiro atoms. The predicted molar refractivity (Wildman–Crippen MR) is 109 cm³/mol. The lowest BCUT2D eigenvalue weighted by molar-refractivity contribution is -0.152. The van der Waals surface area contributed by atoms with Crippen molar-refractivity contribution in [3.63, 3.8) is 0 Å². The number of benzene rings is 2. The fourth-order valence-corrected chi connectivity index (χ4v) is 4.78. The molecule has 2 aromatic rings. The Balaban J connectivity index is 1.49. The third kappa shape index (κ3) is 5.45. The minimum atomic E-state index is -4.00. The Kier molecular flexibility index (Phi) is 7.01. The van der Waals surface area contributed by atoms with E-state index in [1.807, 2.05) is 0 Å². The third-order valence-electron chi connectivity index (χ3n) is 5.04. The summed E-state index contributed by atoms with van der Waals surface area (Å²) in [5.41, 5.74) is 0.684. The average molecular weight is 452 g/mol. The van der Waals surface area contributed by atoms with Crippen molar-refractivity contribution in [3.8, 4) is 0 Å². The molecule has 0 bridgehead atoms. The maximum atomic E-state index is 13.9. The van der Waals surface area contributed by atoms with Crippen LogP contribution in [0.15, 0.2) is 47.4 Å². The van der Waals surface area contributed by atoms with Gasteiger partial charge in [0.15, 0.2) is 6.61 Å². The van der Waals surface area contributed by atoms with E-state index >= 15 is 0 Å². The number of hydrogen-bond donors (Lipinski definition) is 1. The van der Waals surface area contributed by atoms with Gasteiger partial charge in [-0.15, -0.1) is 0 Å². The molecule has 31 heavy (non-hydrogen) atoms. The molecule has 1 aliphatic heterocycles. The molecule has 0 aliphatic carbocycles. The van der Waals surface area contributed by atoms with Crippen molar-refractivity contribution < 1.29 is 31.5 Å². The summed E-state index contributed by atoms with van der Waals surface area (Å²) in [6, 6.07) is 9.33. The molecule has 1 fully saturated rings. The van der Waals surface area contributed by atoms with Crippen LogP contribution in [-0.4, -0.2) is 44.3 Å². The van der Waals surface area contributed by atoms with Crippen LogP contribution in [0.2, 0.25) is 0 Å². The molecule has 10 heteroatoms. The van der Waals surface area contributed by atoms with Crippen molar-refractivity contribution in [2.24, 2.45) is 5.92 Å². The highest BCUT2D eigenvalue weighted by atomic mass is 32.2. The van der Waals surface area contributed by atoms with Crippen LogP contribution in [0.3, 0.4) is 0 Å². The number of hydrogen-bond acceptors (Lipinski definition) is 5. The van der Waals surface area contributed by atoms with E-state index in [0.717, 1.165) is 10.4 Å². The minimum absolute atomic E-state index is 0.0330. The first-order valence-electron chi connectivity index (χ1n) is 9.66. The molecule has 7 nitrogen and oxygen atoms in total. The largest absolute Gasteiger partial charge is 0.455 e. The molecular weight excluding hydrogens is 430 g/mol. The van der Waals surface area contributed by atoms with Crippen LogP contribution in [0.5, 0.6) is 0 Å². The summed E-state index contributed by atoms with van der Waals surface area (Å²) < 4.78 is 58.8. The average Bonchev–Trinajstić information content (AvgIpc) is 2.75. The highest BCUT2D eigenvalue weighted by Crippen LogP contribution is 2.26. The van der Waals surface area contributed by atoms with Crippen LogP contribution in [0, 0.1) is 24.5 Å². The molecule has 3 rings (SSSR count). The lowest BCUT2D eigenvalue weighted by atomic mass is 9.98. The summed E-state index contributed by atoms with van der Waals surface area (Å²) in [5.74, 6) is -3.10. The fraction of sp³-hybridized carbons (Fsp3) is 0.333.